The minimum atomic E-state index is -1.03. The molecule has 0 aliphatic heterocycles. The summed E-state index contributed by atoms with van der Waals surface area (Å²) in [4.78, 5) is 29.8. The van der Waals surface area contributed by atoms with Gasteiger partial charge in [0.15, 0.2) is 0 Å². The van der Waals surface area contributed by atoms with E-state index in [0.29, 0.717) is 34.8 Å². The zero-order valence-electron chi connectivity index (χ0n) is 14.1. The van der Waals surface area contributed by atoms with Crippen molar-refractivity contribution < 1.29 is 19.2 Å². The van der Waals surface area contributed by atoms with E-state index in [1.54, 1.807) is 13.0 Å². The molecular weight excluding hydrogens is 310 g/mol. The Hall–Kier alpha value is -2.44. The third-order valence-corrected chi connectivity index (χ3v) is 4.26. The topological polar surface area (TPSA) is 96.5 Å². The van der Waals surface area contributed by atoms with Gasteiger partial charge in [-0.1, -0.05) is 19.0 Å². The van der Waals surface area contributed by atoms with Crippen LogP contribution in [0.5, 0.6) is 0 Å². The second kappa shape index (κ2) is 6.22. The number of hydrogen-bond donors (Lipinski definition) is 1. The number of carboxylic acid groups (broad SMARTS) is 1. The normalized spacial score (nSPS) is 14.3. The quantitative estimate of drug-likeness (QED) is 0.874. The maximum Gasteiger partial charge on any atom is 0.323 e. The molecular formula is C17H21N3O4. The number of pyridine rings is 1. The van der Waals surface area contributed by atoms with Gasteiger partial charge in [0.05, 0.1) is 16.6 Å². The van der Waals surface area contributed by atoms with Crippen molar-refractivity contribution >= 4 is 23.0 Å². The van der Waals surface area contributed by atoms with Gasteiger partial charge in [0.25, 0.3) is 11.6 Å². The number of aromatic nitrogens is 2. The van der Waals surface area contributed by atoms with Crippen molar-refractivity contribution in [3.05, 3.63) is 23.0 Å². The summed E-state index contributed by atoms with van der Waals surface area (Å²) in [5.74, 6) is -0.935. The summed E-state index contributed by atoms with van der Waals surface area (Å²) >= 11 is 0. The molecule has 1 aliphatic rings. The minimum Gasteiger partial charge on any atom is -0.480 e. The maximum absolute atomic E-state index is 13.0. The number of carbonyl (C=O) groups excluding carboxylic acids is 1. The highest BCUT2D eigenvalue weighted by molar-refractivity contribution is 6.07. The Morgan fingerprint density at radius 2 is 2.12 bits per heavy atom. The fourth-order valence-corrected chi connectivity index (χ4v) is 2.80. The highest BCUT2D eigenvalue weighted by Gasteiger charge is 2.30. The van der Waals surface area contributed by atoms with Crippen molar-refractivity contribution in [2.75, 3.05) is 13.1 Å². The molecule has 0 saturated heterocycles. The van der Waals surface area contributed by atoms with Gasteiger partial charge in [0.2, 0.25) is 0 Å². The van der Waals surface area contributed by atoms with Crippen LogP contribution in [-0.4, -0.2) is 45.1 Å². The van der Waals surface area contributed by atoms with Crippen molar-refractivity contribution in [3.8, 4) is 0 Å². The minimum absolute atomic E-state index is 0.0703. The first-order chi connectivity index (χ1) is 11.4. The number of aliphatic carboxylic acids is 1. The lowest BCUT2D eigenvalue weighted by Crippen LogP contribution is -2.35. The van der Waals surface area contributed by atoms with Crippen molar-refractivity contribution in [2.24, 2.45) is 0 Å². The zero-order chi connectivity index (χ0) is 17.4. The molecule has 1 fully saturated rings. The number of nitrogens with zero attached hydrogens (tertiary/aromatic N) is 3. The molecule has 2 aromatic rings. The van der Waals surface area contributed by atoms with E-state index < -0.39 is 5.97 Å². The van der Waals surface area contributed by atoms with E-state index >= 15 is 0 Å². The molecule has 2 aromatic heterocycles. The van der Waals surface area contributed by atoms with E-state index in [2.05, 4.69) is 10.1 Å². The number of hydrogen-bond acceptors (Lipinski definition) is 5. The largest absolute Gasteiger partial charge is 0.480 e. The van der Waals surface area contributed by atoms with Gasteiger partial charge >= 0.3 is 5.97 Å². The molecule has 2 heterocycles. The van der Waals surface area contributed by atoms with Crippen LogP contribution in [0.1, 0.15) is 67.2 Å². The molecule has 0 bridgehead atoms. The monoisotopic (exact) mass is 331 g/mol. The van der Waals surface area contributed by atoms with Gasteiger partial charge in [-0.2, -0.15) is 0 Å². The average Bonchev–Trinajstić information content (AvgIpc) is 3.29. The molecule has 0 spiro atoms. The van der Waals surface area contributed by atoms with E-state index in [1.807, 2.05) is 13.8 Å². The lowest BCUT2D eigenvalue weighted by Gasteiger charge is -2.19. The Bertz CT molecular complexity index is 792. The molecule has 7 nitrogen and oxygen atoms in total. The number of carbonyl (C=O) groups is 2. The van der Waals surface area contributed by atoms with Gasteiger partial charge in [0.1, 0.15) is 6.54 Å². The van der Waals surface area contributed by atoms with Crippen molar-refractivity contribution in [1.29, 1.82) is 0 Å². The number of amides is 1. The second-order valence-electron chi connectivity index (χ2n) is 6.48. The summed E-state index contributed by atoms with van der Waals surface area (Å²) in [7, 11) is 0. The van der Waals surface area contributed by atoms with Gasteiger partial charge in [-0.15, -0.1) is 0 Å². The average molecular weight is 331 g/mol. The predicted octanol–water partition coefficient (Wildman–Crippen LogP) is 2.77. The van der Waals surface area contributed by atoms with E-state index in [-0.39, 0.29) is 18.4 Å². The van der Waals surface area contributed by atoms with Crippen LogP contribution in [0, 0.1) is 0 Å². The van der Waals surface area contributed by atoms with Gasteiger partial charge in [-0.05, 0) is 31.7 Å². The molecule has 0 aromatic carbocycles. The molecule has 1 amide bonds. The first-order valence-corrected chi connectivity index (χ1v) is 8.23. The van der Waals surface area contributed by atoms with Crippen LogP contribution in [0.25, 0.3) is 11.1 Å². The van der Waals surface area contributed by atoms with Crippen LogP contribution < -0.4 is 0 Å². The molecule has 0 unspecified atom stereocenters. The van der Waals surface area contributed by atoms with Gasteiger partial charge in [-0.3, -0.25) is 9.59 Å². The molecule has 3 rings (SSSR count). The highest BCUT2D eigenvalue weighted by atomic mass is 16.5. The van der Waals surface area contributed by atoms with Crippen LogP contribution in [0.4, 0.5) is 0 Å². The van der Waals surface area contributed by atoms with E-state index in [1.165, 1.54) is 4.90 Å². The summed E-state index contributed by atoms with van der Waals surface area (Å²) in [6.07, 6.45) is 2.09. The number of rotatable bonds is 6. The Balaban J connectivity index is 2.14. The third-order valence-electron chi connectivity index (χ3n) is 4.26. The van der Waals surface area contributed by atoms with Crippen LogP contribution in [0.15, 0.2) is 10.6 Å². The number of carboxylic acids is 1. The van der Waals surface area contributed by atoms with Crippen LogP contribution in [0.3, 0.4) is 0 Å². The molecule has 24 heavy (non-hydrogen) atoms. The van der Waals surface area contributed by atoms with E-state index in [0.717, 1.165) is 18.5 Å². The lowest BCUT2D eigenvalue weighted by atomic mass is 10.0. The van der Waals surface area contributed by atoms with Crippen molar-refractivity contribution in [2.45, 2.75) is 45.4 Å². The fraction of sp³-hybridized carbons (Fsp3) is 0.529. The summed E-state index contributed by atoms with van der Waals surface area (Å²) in [5, 5.41) is 13.7. The molecule has 0 atom stereocenters. The smallest absolute Gasteiger partial charge is 0.323 e. The van der Waals surface area contributed by atoms with Gasteiger partial charge in [-0.25, -0.2) is 4.98 Å². The molecule has 0 radical (unpaired) electrons. The summed E-state index contributed by atoms with van der Waals surface area (Å²) in [6, 6.07) is 1.79. The molecule has 128 valence electrons. The predicted molar refractivity (Wildman–Crippen MR) is 87.1 cm³/mol. The van der Waals surface area contributed by atoms with Crippen LogP contribution in [0.2, 0.25) is 0 Å². The Labute approximate surface area is 139 Å². The van der Waals surface area contributed by atoms with Crippen molar-refractivity contribution in [3.63, 3.8) is 0 Å². The Morgan fingerprint density at radius 3 is 2.67 bits per heavy atom. The SMILES string of the molecule is CCN(CC(=O)O)C(=O)c1cc(C2CC2)nc2onc(C(C)C)c12. The zero-order valence-corrected chi connectivity index (χ0v) is 14.1. The van der Waals surface area contributed by atoms with Crippen LogP contribution >= 0.6 is 0 Å². The standard InChI is InChI=1S/C17H21N3O4/c1-4-20(8-13(21)22)17(23)11-7-12(10-5-6-10)18-16-14(11)15(9(2)3)19-24-16/h7,9-10H,4-6,8H2,1-3H3,(H,21,22). The first kappa shape index (κ1) is 16.4. The lowest BCUT2D eigenvalue weighted by molar-refractivity contribution is -0.137. The molecule has 7 heteroatoms. The Kier molecular flexibility index (Phi) is 4.26. The number of likely N-dealkylation sites (N-methyl/N-ethyl adjacent to an activating group) is 1. The number of fused-ring (bicyclic) bond motifs is 1. The van der Waals surface area contributed by atoms with Crippen molar-refractivity contribution in [1.82, 2.24) is 15.0 Å². The molecule has 1 N–H and O–H groups in total. The third kappa shape index (κ3) is 2.98. The Morgan fingerprint density at radius 1 is 1.42 bits per heavy atom. The summed E-state index contributed by atoms with van der Waals surface area (Å²) in [6.45, 7) is 5.68. The second-order valence-corrected chi connectivity index (χ2v) is 6.48. The fourth-order valence-electron chi connectivity index (χ4n) is 2.80. The van der Waals surface area contributed by atoms with E-state index in [9.17, 15) is 9.59 Å². The summed E-state index contributed by atoms with van der Waals surface area (Å²) in [5.41, 5.74) is 2.30. The first-order valence-electron chi connectivity index (χ1n) is 8.23. The maximum atomic E-state index is 13.0. The summed E-state index contributed by atoms with van der Waals surface area (Å²) < 4.78 is 5.37. The highest BCUT2D eigenvalue weighted by Crippen LogP contribution is 2.41. The van der Waals surface area contributed by atoms with Gasteiger partial charge < -0.3 is 14.5 Å². The molecule has 1 aliphatic carbocycles. The van der Waals surface area contributed by atoms with Gasteiger partial charge in [0, 0.05) is 18.2 Å². The van der Waals surface area contributed by atoms with Crippen LogP contribution in [-0.2, 0) is 4.79 Å². The van der Waals surface area contributed by atoms with E-state index in [4.69, 9.17) is 9.63 Å². The molecule has 1 saturated carbocycles.